The van der Waals surface area contributed by atoms with Crippen LogP contribution in [0.3, 0.4) is 0 Å². The number of piperidine rings is 1. The number of aromatic nitrogens is 5. The molecule has 3 aromatic heterocycles. The molecule has 1 aliphatic heterocycles. The van der Waals surface area contributed by atoms with Crippen LogP contribution >= 0.6 is 0 Å². The van der Waals surface area contributed by atoms with Crippen LogP contribution in [0.2, 0.25) is 0 Å². The van der Waals surface area contributed by atoms with Gasteiger partial charge in [-0.3, -0.25) is 0 Å². The van der Waals surface area contributed by atoms with Crippen molar-refractivity contribution in [1.82, 2.24) is 29.9 Å². The first-order chi connectivity index (χ1) is 14.2. The fourth-order valence-electron chi connectivity index (χ4n) is 3.35. The normalized spacial score (nSPS) is 15.7. The van der Waals surface area contributed by atoms with E-state index in [0.29, 0.717) is 30.0 Å². The third kappa shape index (κ3) is 4.05. The van der Waals surface area contributed by atoms with Gasteiger partial charge in [0.1, 0.15) is 35.1 Å². The molecule has 1 fully saturated rings. The van der Waals surface area contributed by atoms with Crippen molar-refractivity contribution in [2.45, 2.75) is 25.8 Å². The van der Waals surface area contributed by atoms with E-state index in [-0.39, 0.29) is 17.4 Å². The third-order valence-corrected chi connectivity index (χ3v) is 5.02. The van der Waals surface area contributed by atoms with Gasteiger partial charge >= 0.3 is 0 Å². The van der Waals surface area contributed by atoms with Gasteiger partial charge in [0, 0.05) is 6.20 Å². The molecule has 0 spiro atoms. The Bertz CT molecular complexity index is 1040. The SMILES string of the molecule is CC(Nc1ncnc(N)c1C#N)c1nc(OCC2CCNCC2)c2cccn2n1. The molecule has 0 aromatic carbocycles. The van der Waals surface area contributed by atoms with E-state index in [4.69, 9.17) is 10.5 Å². The number of hydrogen-bond donors (Lipinski definition) is 3. The highest BCUT2D eigenvalue weighted by atomic mass is 16.5. The highest BCUT2D eigenvalue weighted by Crippen LogP contribution is 2.24. The summed E-state index contributed by atoms with van der Waals surface area (Å²) in [4.78, 5) is 12.6. The number of nitrogen functional groups attached to an aromatic ring is 1. The van der Waals surface area contributed by atoms with Gasteiger partial charge in [-0.1, -0.05) is 0 Å². The van der Waals surface area contributed by atoms with Gasteiger partial charge in [-0.15, -0.1) is 0 Å². The largest absolute Gasteiger partial charge is 0.476 e. The van der Waals surface area contributed by atoms with Gasteiger partial charge in [0.2, 0.25) is 5.88 Å². The summed E-state index contributed by atoms with van der Waals surface area (Å²) in [6.45, 7) is 4.56. The topological polar surface area (TPSA) is 139 Å². The molecule has 1 unspecified atom stereocenters. The van der Waals surface area contributed by atoms with Crippen molar-refractivity contribution in [1.29, 1.82) is 5.26 Å². The molecule has 10 heteroatoms. The average Bonchev–Trinajstić information content (AvgIpc) is 3.22. The summed E-state index contributed by atoms with van der Waals surface area (Å²) >= 11 is 0. The van der Waals surface area contributed by atoms with Crippen LogP contribution in [0.5, 0.6) is 5.88 Å². The third-order valence-electron chi connectivity index (χ3n) is 5.02. The summed E-state index contributed by atoms with van der Waals surface area (Å²) in [6.07, 6.45) is 5.36. The molecule has 150 valence electrons. The predicted octanol–water partition coefficient (Wildman–Crippen LogP) is 1.52. The smallest absolute Gasteiger partial charge is 0.241 e. The van der Waals surface area contributed by atoms with Crippen molar-refractivity contribution < 1.29 is 4.74 Å². The molecule has 10 nitrogen and oxygen atoms in total. The monoisotopic (exact) mass is 393 g/mol. The maximum absolute atomic E-state index is 9.32. The lowest BCUT2D eigenvalue weighted by molar-refractivity contribution is 0.209. The van der Waals surface area contributed by atoms with Crippen LogP contribution in [0.4, 0.5) is 11.6 Å². The van der Waals surface area contributed by atoms with Crippen molar-refractivity contribution in [2.24, 2.45) is 5.92 Å². The van der Waals surface area contributed by atoms with Gasteiger partial charge in [-0.05, 0) is 50.9 Å². The number of rotatable bonds is 6. The van der Waals surface area contributed by atoms with E-state index in [2.05, 4.69) is 30.7 Å². The van der Waals surface area contributed by atoms with Crippen LogP contribution < -0.4 is 21.1 Å². The molecule has 1 aliphatic rings. The molecule has 1 atom stereocenters. The molecule has 0 amide bonds. The van der Waals surface area contributed by atoms with Gasteiger partial charge in [0.15, 0.2) is 5.82 Å². The molecular weight excluding hydrogens is 370 g/mol. The number of anilines is 2. The zero-order valence-electron chi connectivity index (χ0n) is 16.2. The number of hydrogen-bond acceptors (Lipinski definition) is 9. The second kappa shape index (κ2) is 8.28. The Labute approximate surface area is 168 Å². The van der Waals surface area contributed by atoms with Crippen LogP contribution in [0.25, 0.3) is 5.52 Å². The molecule has 0 radical (unpaired) electrons. The summed E-state index contributed by atoms with van der Waals surface area (Å²) < 4.78 is 7.84. The first-order valence-corrected chi connectivity index (χ1v) is 9.61. The first kappa shape index (κ1) is 18.9. The minimum atomic E-state index is -0.329. The lowest BCUT2D eigenvalue weighted by Gasteiger charge is -2.22. The molecule has 4 heterocycles. The Morgan fingerprint density at radius 1 is 1.41 bits per heavy atom. The van der Waals surface area contributed by atoms with Gasteiger partial charge in [-0.2, -0.15) is 15.3 Å². The lowest BCUT2D eigenvalue weighted by Crippen LogP contribution is -2.30. The highest BCUT2D eigenvalue weighted by Gasteiger charge is 2.19. The lowest BCUT2D eigenvalue weighted by atomic mass is 9.99. The Kier molecular flexibility index (Phi) is 5.39. The predicted molar refractivity (Wildman–Crippen MR) is 107 cm³/mol. The van der Waals surface area contributed by atoms with Crippen LogP contribution in [-0.2, 0) is 0 Å². The standard InChI is InChI=1S/C19H23N9O/c1-12(25-18-14(9-20)16(21)23-11-24-18)17-26-19(15-3-2-8-28(15)27-17)29-10-13-4-6-22-7-5-13/h2-3,8,11-13,22H,4-7,10H2,1H3,(H3,21,23,24,25). The molecule has 4 N–H and O–H groups in total. The Balaban J connectivity index is 1.57. The summed E-state index contributed by atoms with van der Waals surface area (Å²) in [5.74, 6) is 2.07. The summed E-state index contributed by atoms with van der Waals surface area (Å²) in [5, 5.41) is 20.4. The number of nitriles is 1. The van der Waals surface area contributed by atoms with E-state index >= 15 is 0 Å². The molecule has 3 aromatic rings. The van der Waals surface area contributed by atoms with Crippen molar-refractivity contribution in [3.05, 3.63) is 36.0 Å². The zero-order valence-corrected chi connectivity index (χ0v) is 16.2. The zero-order chi connectivity index (χ0) is 20.2. The quantitative estimate of drug-likeness (QED) is 0.569. The van der Waals surface area contributed by atoms with E-state index in [0.717, 1.165) is 31.4 Å². The van der Waals surface area contributed by atoms with Crippen LogP contribution in [0, 0.1) is 17.2 Å². The highest BCUT2D eigenvalue weighted by molar-refractivity contribution is 5.62. The molecule has 0 bridgehead atoms. The van der Waals surface area contributed by atoms with Crippen molar-refractivity contribution in [3.8, 4) is 11.9 Å². The number of nitrogens with zero attached hydrogens (tertiary/aromatic N) is 6. The van der Waals surface area contributed by atoms with Gasteiger partial charge in [0.05, 0.1) is 12.6 Å². The number of ether oxygens (including phenoxy) is 1. The minimum absolute atomic E-state index is 0.130. The van der Waals surface area contributed by atoms with Crippen LogP contribution in [0.15, 0.2) is 24.7 Å². The molecule has 29 heavy (non-hydrogen) atoms. The summed E-state index contributed by atoms with van der Waals surface area (Å²) in [5.41, 5.74) is 6.78. The molecular formula is C19H23N9O. The van der Waals surface area contributed by atoms with Gasteiger partial charge < -0.3 is 21.1 Å². The first-order valence-electron chi connectivity index (χ1n) is 9.61. The molecule has 1 saturated heterocycles. The summed E-state index contributed by atoms with van der Waals surface area (Å²) in [6, 6.07) is 5.53. The number of nitrogens with one attached hydrogen (secondary N) is 2. The number of nitrogens with two attached hydrogens (primary N) is 1. The van der Waals surface area contributed by atoms with Crippen molar-refractivity contribution >= 4 is 17.2 Å². The van der Waals surface area contributed by atoms with E-state index in [1.54, 1.807) is 4.52 Å². The fourth-order valence-corrected chi connectivity index (χ4v) is 3.35. The van der Waals surface area contributed by atoms with Gasteiger partial charge in [0.25, 0.3) is 0 Å². The van der Waals surface area contributed by atoms with Crippen LogP contribution in [-0.4, -0.2) is 44.3 Å². The van der Waals surface area contributed by atoms with Crippen LogP contribution in [0.1, 0.15) is 37.2 Å². The van der Waals surface area contributed by atoms with E-state index in [1.807, 2.05) is 31.3 Å². The number of fused-ring (bicyclic) bond motifs is 1. The second-order valence-electron chi connectivity index (χ2n) is 7.08. The Morgan fingerprint density at radius 2 is 2.24 bits per heavy atom. The van der Waals surface area contributed by atoms with E-state index < -0.39 is 0 Å². The van der Waals surface area contributed by atoms with Crippen molar-refractivity contribution in [3.63, 3.8) is 0 Å². The Hall–Kier alpha value is -3.45. The fraction of sp³-hybridized carbons (Fsp3) is 0.421. The second-order valence-corrected chi connectivity index (χ2v) is 7.08. The summed E-state index contributed by atoms with van der Waals surface area (Å²) in [7, 11) is 0. The van der Waals surface area contributed by atoms with E-state index in [1.165, 1.54) is 6.33 Å². The van der Waals surface area contributed by atoms with E-state index in [9.17, 15) is 5.26 Å². The maximum Gasteiger partial charge on any atom is 0.241 e. The Morgan fingerprint density at radius 3 is 3.03 bits per heavy atom. The van der Waals surface area contributed by atoms with Gasteiger partial charge in [-0.25, -0.2) is 14.5 Å². The van der Waals surface area contributed by atoms with Crippen molar-refractivity contribution in [2.75, 3.05) is 30.7 Å². The minimum Gasteiger partial charge on any atom is -0.476 e. The maximum atomic E-state index is 9.32. The molecule has 0 saturated carbocycles. The molecule has 4 rings (SSSR count). The average molecular weight is 393 g/mol. The molecule has 0 aliphatic carbocycles.